The summed E-state index contributed by atoms with van der Waals surface area (Å²) >= 11 is 5.72. The number of pyridine rings is 1. The predicted octanol–water partition coefficient (Wildman–Crippen LogP) is 2.58. The van der Waals surface area contributed by atoms with Crippen LogP contribution in [0.5, 0.6) is 5.75 Å². The molecule has 0 aliphatic carbocycles. The maximum atomic E-state index is 12.1. The molecule has 5 nitrogen and oxygen atoms in total. The number of aromatic nitrogens is 1. The van der Waals surface area contributed by atoms with Gasteiger partial charge in [0.2, 0.25) is 0 Å². The number of hydrogen-bond acceptors (Lipinski definition) is 4. The van der Waals surface area contributed by atoms with Crippen molar-refractivity contribution in [1.29, 1.82) is 0 Å². The van der Waals surface area contributed by atoms with Crippen LogP contribution >= 0.6 is 11.6 Å². The molecule has 0 spiro atoms. The van der Waals surface area contributed by atoms with Gasteiger partial charge in [0.15, 0.2) is 5.75 Å². The van der Waals surface area contributed by atoms with E-state index in [4.69, 9.17) is 22.1 Å². The molecule has 0 saturated carbocycles. The summed E-state index contributed by atoms with van der Waals surface area (Å²) < 4.78 is 5.13. The van der Waals surface area contributed by atoms with Crippen LogP contribution in [0.3, 0.4) is 0 Å². The Bertz CT molecular complexity index is 599. The Hall–Kier alpha value is -2.27. The number of nitrogens with zero attached hydrogens (tertiary/aromatic N) is 1. The minimum Gasteiger partial charge on any atom is -0.494 e. The van der Waals surface area contributed by atoms with E-state index in [0.29, 0.717) is 27.8 Å². The van der Waals surface area contributed by atoms with Crippen molar-refractivity contribution >= 4 is 29.0 Å². The first-order valence-electron chi connectivity index (χ1n) is 5.47. The molecule has 0 aliphatic heterocycles. The number of ether oxygens (including phenoxy) is 1. The lowest BCUT2D eigenvalue weighted by molar-refractivity contribution is 0.102. The Morgan fingerprint density at radius 1 is 1.37 bits per heavy atom. The average Bonchev–Trinajstić information content (AvgIpc) is 2.41. The summed E-state index contributed by atoms with van der Waals surface area (Å²) in [4.78, 5) is 16.1. The zero-order valence-corrected chi connectivity index (χ0v) is 10.9. The monoisotopic (exact) mass is 277 g/mol. The number of hydrogen-bond donors (Lipinski definition) is 2. The van der Waals surface area contributed by atoms with E-state index < -0.39 is 0 Å². The van der Waals surface area contributed by atoms with Gasteiger partial charge in [-0.15, -0.1) is 0 Å². The van der Waals surface area contributed by atoms with Crippen LogP contribution in [0.4, 0.5) is 11.5 Å². The number of para-hydroxylation sites is 1. The van der Waals surface area contributed by atoms with E-state index >= 15 is 0 Å². The molecule has 0 bridgehead atoms. The number of nitrogens with two attached hydrogens (primary N) is 1. The van der Waals surface area contributed by atoms with Crippen molar-refractivity contribution in [3.8, 4) is 5.75 Å². The maximum absolute atomic E-state index is 12.1. The third-order valence-corrected chi connectivity index (χ3v) is 2.69. The smallest absolute Gasteiger partial charge is 0.260 e. The second-order valence-electron chi connectivity index (χ2n) is 3.74. The molecule has 19 heavy (non-hydrogen) atoms. The Morgan fingerprint density at radius 2 is 2.16 bits per heavy atom. The van der Waals surface area contributed by atoms with Gasteiger partial charge in [-0.2, -0.15) is 0 Å². The molecule has 0 aliphatic rings. The summed E-state index contributed by atoms with van der Waals surface area (Å²) in [5.41, 5.74) is 6.49. The molecule has 3 N–H and O–H groups in total. The molecule has 0 unspecified atom stereocenters. The molecular weight excluding hydrogens is 266 g/mol. The van der Waals surface area contributed by atoms with Crippen molar-refractivity contribution in [2.75, 3.05) is 18.2 Å². The van der Waals surface area contributed by atoms with E-state index in [9.17, 15) is 4.79 Å². The summed E-state index contributed by atoms with van der Waals surface area (Å²) in [6.45, 7) is 0. The van der Waals surface area contributed by atoms with E-state index in [2.05, 4.69) is 10.3 Å². The lowest BCUT2D eigenvalue weighted by Gasteiger charge is -2.10. The topological polar surface area (TPSA) is 77.2 Å². The molecular formula is C13H12ClN3O2. The highest BCUT2D eigenvalue weighted by Crippen LogP contribution is 2.26. The van der Waals surface area contributed by atoms with Crippen LogP contribution in [0.1, 0.15) is 10.4 Å². The number of amides is 1. The summed E-state index contributed by atoms with van der Waals surface area (Å²) in [6.07, 6.45) is 1.45. The van der Waals surface area contributed by atoms with E-state index in [1.165, 1.54) is 13.3 Å². The first-order valence-corrected chi connectivity index (χ1v) is 5.85. The van der Waals surface area contributed by atoms with E-state index in [0.717, 1.165) is 0 Å². The fourth-order valence-electron chi connectivity index (χ4n) is 1.59. The van der Waals surface area contributed by atoms with Gasteiger partial charge in [0.25, 0.3) is 5.91 Å². The number of halogens is 1. The highest BCUT2D eigenvalue weighted by Gasteiger charge is 2.14. The highest BCUT2D eigenvalue weighted by atomic mass is 35.5. The minimum atomic E-state index is -0.348. The molecule has 0 fully saturated rings. The third-order valence-electron chi connectivity index (χ3n) is 2.46. The molecule has 2 aromatic rings. The third kappa shape index (κ3) is 2.95. The summed E-state index contributed by atoms with van der Waals surface area (Å²) in [7, 11) is 1.46. The van der Waals surface area contributed by atoms with Gasteiger partial charge < -0.3 is 15.8 Å². The van der Waals surface area contributed by atoms with Gasteiger partial charge in [0.05, 0.1) is 23.4 Å². The van der Waals surface area contributed by atoms with Gasteiger partial charge in [-0.1, -0.05) is 17.7 Å². The Kier molecular flexibility index (Phi) is 3.87. The van der Waals surface area contributed by atoms with E-state index in [1.54, 1.807) is 30.3 Å². The van der Waals surface area contributed by atoms with Crippen molar-refractivity contribution in [2.45, 2.75) is 0 Å². The molecule has 1 heterocycles. The van der Waals surface area contributed by atoms with Crippen molar-refractivity contribution in [1.82, 2.24) is 4.98 Å². The van der Waals surface area contributed by atoms with Crippen LogP contribution in [0.15, 0.2) is 36.5 Å². The van der Waals surface area contributed by atoms with E-state index in [1.807, 2.05) is 0 Å². The first kappa shape index (κ1) is 13.2. The number of methoxy groups -OCH3 is 1. The SMILES string of the molecule is COc1c(N)cccc1C(=O)Nc1ccc(Cl)cn1. The highest BCUT2D eigenvalue weighted by molar-refractivity contribution is 6.30. The van der Waals surface area contributed by atoms with Crippen LogP contribution < -0.4 is 15.8 Å². The number of carbonyl (C=O) groups excluding carboxylic acids is 1. The Morgan fingerprint density at radius 3 is 2.79 bits per heavy atom. The number of nitrogens with one attached hydrogen (secondary N) is 1. The van der Waals surface area contributed by atoms with Crippen LogP contribution in [0.25, 0.3) is 0 Å². The lowest BCUT2D eigenvalue weighted by Crippen LogP contribution is -2.14. The van der Waals surface area contributed by atoms with Crippen LogP contribution in [0, 0.1) is 0 Å². The van der Waals surface area contributed by atoms with Gasteiger partial charge >= 0.3 is 0 Å². The zero-order valence-electron chi connectivity index (χ0n) is 10.2. The Labute approximate surface area is 115 Å². The standard InChI is InChI=1S/C13H12ClN3O2/c1-19-12-9(3-2-4-10(12)15)13(18)17-11-6-5-8(14)7-16-11/h2-7H,15H2,1H3,(H,16,17,18). The summed E-state index contributed by atoms with van der Waals surface area (Å²) in [5, 5.41) is 3.14. The van der Waals surface area contributed by atoms with Gasteiger partial charge in [-0.25, -0.2) is 4.98 Å². The zero-order chi connectivity index (χ0) is 13.8. The quantitative estimate of drug-likeness (QED) is 0.846. The second kappa shape index (κ2) is 5.58. The largest absolute Gasteiger partial charge is 0.494 e. The number of benzene rings is 1. The van der Waals surface area contributed by atoms with Crippen LogP contribution in [-0.4, -0.2) is 18.0 Å². The van der Waals surface area contributed by atoms with Crippen LogP contribution in [0.2, 0.25) is 5.02 Å². The molecule has 6 heteroatoms. The van der Waals surface area contributed by atoms with Crippen molar-refractivity contribution in [2.24, 2.45) is 0 Å². The number of nitrogen functional groups attached to an aromatic ring is 1. The summed E-state index contributed by atoms with van der Waals surface area (Å²) in [6, 6.07) is 8.22. The molecule has 0 saturated heterocycles. The fraction of sp³-hybridized carbons (Fsp3) is 0.0769. The molecule has 1 aromatic carbocycles. The maximum Gasteiger partial charge on any atom is 0.260 e. The predicted molar refractivity (Wildman–Crippen MR) is 74.6 cm³/mol. The molecule has 2 rings (SSSR count). The van der Waals surface area contributed by atoms with Gasteiger partial charge in [-0.05, 0) is 24.3 Å². The molecule has 0 atom stereocenters. The molecule has 1 amide bonds. The second-order valence-corrected chi connectivity index (χ2v) is 4.18. The summed E-state index contributed by atoms with van der Waals surface area (Å²) in [5.74, 6) is 0.395. The number of anilines is 2. The molecule has 98 valence electrons. The van der Waals surface area contributed by atoms with Crippen molar-refractivity contribution in [3.05, 3.63) is 47.1 Å². The van der Waals surface area contributed by atoms with Gasteiger partial charge in [0, 0.05) is 6.20 Å². The van der Waals surface area contributed by atoms with Gasteiger partial charge in [0.1, 0.15) is 5.82 Å². The minimum absolute atomic E-state index is 0.342. The normalized spacial score (nSPS) is 10.0. The van der Waals surface area contributed by atoms with Crippen LogP contribution in [-0.2, 0) is 0 Å². The molecule has 1 aromatic heterocycles. The fourth-order valence-corrected chi connectivity index (χ4v) is 1.71. The Balaban J connectivity index is 2.25. The van der Waals surface area contributed by atoms with Crippen molar-refractivity contribution in [3.63, 3.8) is 0 Å². The van der Waals surface area contributed by atoms with E-state index in [-0.39, 0.29) is 5.91 Å². The van der Waals surface area contributed by atoms with Crippen molar-refractivity contribution < 1.29 is 9.53 Å². The molecule has 0 radical (unpaired) electrons. The number of rotatable bonds is 3. The lowest BCUT2D eigenvalue weighted by atomic mass is 10.1. The average molecular weight is 278 g/mol. The first-order chi connectivity index (χ1) is 9.11. The van der Waals surface area contributed by atoms with Gasteiger partial charge in [-0.3, -0.25) is 4.79 Å². The number of carbonyl (C=O) groups is 1.